The molecule has 0 bridgehead atoms. The zero-order valence-electron chi connectivity index (χ0n) is 12.7. The molecule has 2 N–H and O–H groups in total. The molecule has 0 saturated carbocycles. The third kappa shape index (κ3) is 2.53. The maximum atomic E-state index is 9.08. The van der Waals surface area contributed by atoms with E-state index in [-0.39, 0.29) is 6.61 Å². The first-order valence-corrected chi connectivity index (χ1v) is 7.31. The molecule has 0 fully saturated rings. The fourth-order valence-corrected chi connectivity index (χ4v) is 2.62. The topological polar surface area (TPSA) is 75.9 Å². The lowest BCUT2D eigenvalue weighted by atomic mass is 10.2. The van der Waals surface area contributed by atoms with Crippen molar-refractivity contribution in [3.05, 3.63) is 42.0 Å². The lowest BCUT2D eigenvalue weighted by Gasteiger charge is -2.07. The van der Waals surface area contributed by atoms with Gasteiger partial charge in [-0.05, 0) is 38.0 Å². The average molecular weight is 297 g/mol. The van der Waals surface area contributed by atoms with E-state index in [0.29, 0.717) is 6.42 Å². The highest BCUT2D eigenvalue weighted by atomic mass is 16.3. The van der Waals surface area contributed by atoms with Crippen molar-refractivity contribution in [2.75, 3.05) is 11.9 Å². The van der Waals surface area contributed by atoms with E-state index in [1.165, 1.54) is 0 Å². The molecule has 3 aromatic rings. The molecule has 0 radical (unpaired) electrons. The van der Waals surface area contributed by atoms with Gasteiger partial charge in [0, 0.05) is 25.0 Å². The fraction of sp³-hybridized carbons (Fsp3) is 0.312. The Kier molecular flexibility index (Phi) is 4.02. The molecular formula is C16H19N5O. The molecule has 0 aliphatic heterocycles. The summed E-state index contributed by atoms with van der Waals surface area (Å²) in [6.07, 6.45) is 4.00. The molecule has 3 aromatic heterocycles. The van der Waals surface area contributed by atoms with Crippen LogP contribution in [-0.2, 0) is 6.54 Å². The number of aliphatic hydroxyl groups is 1. The number of aryl methyl sites for hydroxylation is 2. The van der Waals surface area contributed by atoms with Gasteiger partial charge in [0.15, 0.2) is 0 Å². The molecule has 0 saturated heterocycles. The second kappa shape index (κ2) is 6.11. The first-order chi connectivity index (χ1) is 10.7. The number of fused-ring (bicyclic) bond motifs is 1. The molecule has 0 aromatic carbocycles. The second-order valence-corrected chi connectivity index (χ2v) is 5.20. The van der Waals surface area contributed by atoms with Gasteiger partial charge in [-0.1, -0.05) is 6.07 Å². The predicted octanol–water partition coefficient (Wildman–Crippen LogP) is 2.57. The van der Waals surface area contributed by atoms with Gasteiger partial charge in [0.1, 0.15) is 23.6 Å². The minimum Gasteiger partial charge on any atom is -0.396 e. The van der Waals surface area contributed by atoms with Crippen LogP contribution in [-0.4, -0.2) is 31.2 Å². The maximum absolute atomic E-state index is 9.08. The minimum atomic E-state index is 0.169. The van der Waals surface area contributed by atoms with E-state index in [9.17, 15) is 0 Å². The van der Waals surface area contributed by atoms with E-state index in [0.717, 1.165) is 40.5 Å². The molecule has 6 heteroatoms. The molecule has 0 amide bonds. The molecule has 3 heterocycles. The highest BCUT2D eigenvalue weighted by Gasteiger charge is 2.16. The monoisotopic (exact) mass is 297 g/mol. The third-order valence-electron chi connectivity index (χ3n) is 3.86. The van der Waals surface area contributed by atoms with Crippen molar-refractivity contribution in [3.8, 4) is 0 Å². The molecule has 0 spiro atoms. The fourth-order valence-electron chi connectivity index (χ4n) is 2.62. The first-order valence-electron chi connectivity index (χ1n) is 7.31. The van der Waals surface area contributed by atoms with Crippen molar-refractivity contribution in [2.45, 2.75) is 26.8 Å². The molecular weight excluding hydrogens is 278 g/mol. The maximum Gasteiger partial charge on any atom is 0.145 e. The van der Waals surface area contributed by atoms with Gasteiger partial charge in [-0.2, -0.15) is 0 Å². The summed E-state index contributed by atoms with van der Waals surface area (Å²) in [5.41, 5.74) is 3.18. The summed E-state index contributed by atoms with van der Waals surface area (Å²) in [6.45, 7) is 5.05. The lowest BCUT2D eigenvalue weighted by Crippen LogP contribution is -2.03. The predicted molar refractivity (Wildman–Crippen MR) is 86.2 cm³/mol. The normalized spacial score (nSPS) is 11.0. The molecule has 3 rings (SSSR count). The van der Waals surface area contributed by atoms with Gasteiger partial charge in [-0.3, -0.25) is 0 Å². The van der Waals surface area contributed by atoms with E-state index < -0.39 is 0 Å². The Bertz CT molecular complexity index is 782. The molecule has 0 aliphatic rings. The van der Waals surface area contributed by atoms with Crippen molar-refractivity contribution in [1.82, 2.24) is 19.5 Å². The average Bonchev–Trinajstić information content (AvgIpc) is 2.79. The zero-order chi connectivity index (χ0) is 15.5. The standard InChI is InChI=1S/C16H19N5O/c1-11-12(2)21(8-5-9-22)16-14(11)15(18-10-19-16)20-13-6-3-4-7-17-13/h3-4,6-7,10,22H,5,8-9H2,1-2H3,(H,17,18,19,20). The number of hydrogen-bond acceptors (Lipinski definition) is 5. The van der Waals surface area contributed by atoms with Crippen LogP contribution >= 0.6 is 0 Å². The Hall–Kier alpha value is -2.47. The summed E-state index contributed by atoms with van der Waals surface area (Å²) < 4.78 is 2.13. The summed E-state index contributed by atoms with van der Waals surface area (Å²) >= 11 is 0. The molecule has 6 nitrogen and oxygen atoms in total. The Morgan fingerprint density at radius 3 is 2.77 bits per heavy atom. The van der Waals surface area contributed by atoms with Crippen molar-refractivity contribution in [3.63, 3.8) is 0 Å². The quantitative estimate of drug-likeness (QED) is 0.757. The lowest BCUT2D eigenvalue weighted by molar-refractivity contribution is 0.280. The summed E-state index contributed by atoms with van der Waals surface area (Å²) in [5, 5.41) is 13.3. The minimum absolute atomic E-state index is 0.169. The van der Waals surface area contributed by atoms with E-state index >= 15 is 0 Å². The molecule has 0 unspecified atom stereocenters. The van der Waals surface area contributed by atoms with Crippen LogP contribution in [0.5, 0.6) is 0 Å². The van der Waals surface area contributed by atoms with Gasteiger partial charge in [-0.15, -0.1) is 0 Å². The van der Waals surface area contributed by atoms with Crippen LogP contribution in [0.4, 0.5) is 11.6 Å². The molecule has 0 atom stereocenters. The molecule has 22 heavy (non-hydrogen) atoms. The van der Waals surface area contributed by atoms with Crippen LogP contribution in [0, 0.1) is 13.8 Å². The van der Waals surface area contributed by atoms with Gasteiger partial charge in [0.25, 0.3) is 0 Å². The number of nitrogens with zero attached hydrogens (tertiary/aromatic N) is 4. The van der Waals surface area contributed by atoms with Crippen LogP contribution in [0.3, 0.4) is 0 Å². The highest BCUT2D eigenvalue weighted by molar-refractivity contribution is 5.93. The third-order valence-corrected chi connectivity index (χ3v) is 3.86. The van der Waals surface area contributed by atoms with Crippen molar-refractivity contribution < 1.29 is 5.11 Å². The van der Waals surface area contributed by atoms with Gasteiger partial charge in [0.2, 0.25) is 0 Å². The Balaban J connectivity index is 2.08. The van der Waals surface area contributed by atoms with Gasteiger partial charge in [-0.25, -0.2) is 15.0 Å². The highest BCUT2D eigenvalue weighted by Crippen LogP contribution is 2.30. The second-order valence-electron chi connectivity index (χ2n) is 5.20. The summed E-state index contributed by atoms with van der Waals surface area (Å²) in [7, 11) is 0. The number of hydrogen-bond donors (Lipinski definition) is 2. The van der Waals surface area contributed by atoms with Gasteiger partial charge < -0.3 is 15.0 Å². The number of rotatable bonds is 5. The molecule has 0 aliphatic carbocycles. The van der Waals surface area contributed by atoms with Crippen LogP contribution in [0.15, 0.2) is 30.7 Å². The number of anilines is 2. The number of nitrogens with one attached hydrogen (secondary N) is 1. The summed E-state index contributed by atoms with van der Waals surface area (Å²) in [5.74, 6) is 1.51. The van der Waals surface area contributed by atoms with Crippen LogP contribution in [0.25, 0.3) is 11.0 Å². The van der Waals surface area contributed by atoms with Crippen molar-refractivity contribution in [1.29, 1.82) is 0 Å². The Morgan fingerprint density at radius 2 is 2.05 bits per heavy atom. The zero-order valence-corrected chi connectivity index (χ0v) is 12.7. The first kappa shape index (κ1) is 14.5. The Labute approximate surface area is 128 Å². The van der Waals surface area contributed by atoms with Crippen LogP contribution in [0.2, 0.25) is 0 Å². The van der Waals surface area contributed by atoms with Crippen molar-refractivity contribution >= 4 is 22.7 Å². The van der Waals surface area contributed by atoms with E-state index in [1.54, 1.807) is 12.5 Å². The van der Waals surface area contributed by atoms with Crippen LogP contribution in [0.1, 0.15) is 17.7 Å². The molecule has 114 valence electrons. The smallest absolute Gasteiger partial charge is 0.145 e. The Morgan fingerprint density at radius 1 is 1.18 bits per heavy atom. The largest absolute Gasteiger partial charge is 0.396 e. The summed E-state index contributed by atoms with van der Waals surface area (Å²) in [6, 6.07) is 5.71. The van der Waals surface area contributed by atoms with E-state index in [2.05, 4.69) is 38.7 Å². The van der Waals surface area contributed by atoms with Gasteiger partial charge >= 0.3 is 0 Å². The number of aliphatic hydroxyl groups excluding tert-OH is 1. The van der Waals surface area contributed by atoms with E-state index in [4.69, 9.17) is 5.11 Å². The van der Waals surface area contributed by atoms with Crippen LogP contribution < -0.4 is 5.32 Å². The van der Waals surface area contributed by atoms with Crippen molar-refractivity contribution in [2.24, 2.45) is 0 Å². The number of aromatic nitrogens is 4. The van der Waals surface area contributed by atoms with E-state index in [1.807, 2.05) is 18.2 Å². The van der Waals surface area contributed by atoms with Gasteiger partial charge in [0.05, 0.1) is 5.39 Å². The SMILES string of the molecule is Cc1c(C)n(CCCO)c2ncnc(Nc3ccccn3)c12. The number of pyridine rings is 1. The summed E-state index contributed by atoms with van der Waals surface area (Å²) in [4.78, 5) is 13.1.